The zero-order chi connectivity index (χ0) is 12.7. The van der Waals surface area contributed by atoms with Crippen molar-refractivity contribution in [3.8, 4) is 0 Å². The average Bonchev–Trinajstić information content (AvgIpc) is 2.66. The fraction of sp³-hybridized carbons (Fsp3) is 0.0714. The summed E-state index contributed by atoms with van der Waals surface area (Å²) in [4.78, 5) is 13.2. The lowest BCUT2D eigenvalue weighted by atomic mass is 10.2. The molecule has 0 bridgehead atoms. The molecule has 0 radical (unpaired) electrons. The molecule has 90 valence electrons. The first-order valence-corrected chi connectivity index (χ1v) is 5.53. The second kappa shape index (κ2) is 3.91. The summed E-state index contributed by atoms with van der Waals surface area (Å²) in [5, 5.41) is 0. The third-order valence-electron chi connectivity index (χ3n) is 2.97. The molecular weight excluding hydrogens is 236 g/mol. The molecule has 3 rings (SSSR count). The number of hydrogen-bond acceptors (Lipinski definition) is 1. The van der Waals surface area contributed by atoms with Crippen LogP contribution >= 0.6 is 0 Å². The maximum Gasteiger partial charge on any atom is 0.236 e. The van der Waals surface area contributed by atoms with Crippen molar-refractivity contribution >= 4 is 17.3 Å². The van der Waals surface area contributed by atoms with Crippen molar-refractivity contribution in [3.05, 3.63) is 59.7 Å². The Balaban J connectivity index is 2.15. The maximum absolute atomic E-state index is 13.7. The van der Waals surface area contributed by atoms with Gasteiger partial charge < -0.3 is 0 Å². The number of halogens is 2. The van der Waals surface area contributed by atoms with Crippen molar-refractivity contribution in [3.63, 3.8) is 0 Å². The van der Waals surface area contributed by atoms with Crippen molar-refractivity contribution < 1.29 is 13.6 Å². The van der Waals surface area contributed by atoms with Crippen LogP contribution in [-0.4, -0.2) is 5.91 Å². The summed E-state index contributed by atoms with van der Waals surface area (Å²) < 4.78 is 26.6. The largest absolute Gasteiger partial charge is 0.278 e. The molecule has 2 aromatic carbocycles. The number of rotatable bonds is 1. The summed E-state index contributed by atoms with van der Waals surface area (Å²) in [6, 6.07) is 10.4. The van der Waals surface area contributed by atoms with Gasteiger partial charge in [-0.05, 0) is 23.8 Å². The van der Waals surface area contributed by atoms with Crippen LogP contribution in [0.2, 0.25) is 0 Å². The minimum absolute atomic E-state index is 0.0892. The van der Waals surface area contributed by atoms with Gasteiger partial charge in [0.15, 0.2) is 0 Å². The van der Waals surface area contributed by atoms with E-state index in [1.165, 1.54) is 11.0 Å². The lowest BCUT2D eigenvalue weighted by Crippen LogP contribution is -2.21. The highest BCUT2D eigenvalue weighted by atomic mass is 19.1. The van der Waals surface area contributed by atoms with Crippen LogP contribution in [-0.2, 0) is 11.2 Å². The fourth-order valence-electron chi connectivity index (χ4n) is 2.18. The molecule has 0 saturated carbocycles. The second-order valence-corrected chi connectivity index (χ2v) is 4.13. The highest BCUT2D eigenvalue weighted by molar-refractivity contribution is 6.07. The van der Waals surface area contributed by atoms with E-state index in [1.807, 2.05) is 12.1 Å². The van der Waals surface area contributed by atoms with Gasteiger partial charge in [-0.2, -0.15) is 0 Å². The zero-order valence-corrected chi connectivity index (χ0v) is 9.36. The number of para-hydroxylation sites is 1. The Morgan fingerprint density at radius 2 is 1.78 bits per heavy atom. The highest BCUT2D eigenvalue weighted by Crippen LogP contribution is 2.36. The van der Waals surface area contributed by atoms with E-state index < -0.39 is 11.6 Å². The predicted octanol–water partition coefficient (Wildman–Crippen LogP) is 3.19. The Labute approximate surface area is 102 Å². The first-order chi connectivity index (χ1) is 8.66. The predicted molar refractivity (Wildman–Crippen MR) is 63.7 cm³/mol. The smallest absolute Gasteiger partial charge is 0.236 e. The molecule has 0 aromatic heterocycles. The van der Waals surface area contributed by atoms with Crippen LogP contribution in [0.25, 0.3) is 0 Å². The van der Waals surface area contributed by atoms with E-state index in [2.05, 4.69) is 0 Å². The van der Waals surface area contributed by atoms with E-state index >= 15 is 0 Å². The molecule has 1 amide bonds. The molecule has 0 N–H and O–H groups in total. The van der Waals surface area contributed by atoms with E-state index in [0.717, 1.165) is 17.7 Å². The Kier molecular flexibility index (Phi) is 2.37. The molecule has 0 spiro atoms. The van der Waals surface area contributed by atoms with Crippen LogP contribution in [0.5, 0.6) is 0 Å². The first kappa shape index (κ1) is 10.9. The Morgan fingerprint density at radius 3 is 2.56 bits per heavy atom. The number of anilines is 2. The third-order valence-corrected chi connectivity index (χ3v) is 2.97. The normalized spacial score (nSPS) is 13.9. The molecule has 0 aliphatic carbocycles. The van der Waals surface area contributed by atoms with Gasteiger partial charge in [-0.3, -0.25) is 9.69 Å². The number of amides is 1. The van der Waals surface area contributed by atoms with Crippen LogP contribution in [0.3, 0.4) is 0 Å². The van der Waals surface area contributed by atoms with Gasteiger partial charge in [-0.25, -0.2) is 8.78 Å². The van der Waals surface area contributed by atoms with Gasteiger partial charge in [0, 0.05) is 6.07 Å². The van der Waals surface area contributed by atoms with Crippen molar-refractivity contribution in [2.75, 3.05) is 4.90 Å². The Hall–Kier alpha value is -2.23. The van der Waals surface area contributed by atoms with Crippen molar-refractivity contribution in [2.24, 2.45) is 0 Å². The molecule has 0 atom stereocenters. The monoisotopic (exact) mass is 245 g/mol. The molecule has 0 unspecified atom stereocenters. The Morgan fingerprint density at radius 1 is 1.00 bits per heavy atom. The SMILES string of the molecule is O=C1Cc2ccccc2N1c1ccc(F)cc1F. The minimum Gasteiger partial charge on any atom is -0.278 e. The van der Waals surface area contributed by atoms with Gasteiger partial charge in [0.05, 0.1) is 17.8 Å². The molecule has 0 fully saturated rings. The molecule has 1 aliphatic heterocycles. The van der Waals surface area contributed by atoms with Crippen LogP contribution in [0.15, 0.2) is 42.5 Å². The van der Waals surface area contributed by atoms with Gasteiger partial charge in [0.2, 0.25) is 5.91 Å². The summed E-state index contributed by atoms with van der Waals surface area (Å²) in [6.45, 7) is 0. The summed E-state index contributed by atoms with van der Waals surface area (Å²) in [7, 11) is 0. The molecule has 1 aliphatic rings. The van der Waals surface area contributed by atoms with Crippen LogP contribution < -0.4 is 4.90 Å². The number of hydrogen-bond donors (Lipinski definition) is 0. The fourth-order valence-corrected chi connectivity index (χ4v) is 2.18. The van der Waals surface area contributed by atoms with Gasteiger partial charge in [0.1, 0.15) is 11.6 Å². The topological polar surface area (TPSA) is 20.3 Å². The lowest BCUT2D eigenvalue weighted by Gasteiger charge is -2.18. The molecule has 0 saturated heterocycles. The number of carbonyl (C=O) groups excluding carboxylic acids is 1. The first-order valence-electron chi connectivity index (χ1n) is 5.53. The van der Waals surface area contributed by atoms with Crippen LogP contribution in [0.4, 0.5) is 20.2 Å². The molecule has 4 heteroatoms. The maximum atomic E-state index is 13.7. The number of benzene rings is 2. The zero-order valence-electron chi connectivity index (χ0n) is 9.36. The van der Waals surface area contributed by atoms with E-state index in [-0.39, 0.29) is 18.0 Å². The number of carbonyl (C=O) groups is 1. The van der Waals surface area contributed by atoms with Crippen molar-refractivity contribution in [1.29, 1.82) is 0 Å². The number of fused-ring (bicyclic) bond motifs is 1. The molecule has 18 heavy (non-hydrogen) atoms. The van der Waals surface area contributed by atoms with Gasteiger partial charge in [0.25, 0.3) is 0 Å². The lowest BCUT2D eigenvalue weighted by molar-refractivity contribution is -0.116. The number of nitrogens with zero attached hydrogens (tertiary/aromatic N) is 1. The minimum atomic E-state index is -0.736. The van der Waals surface area contributed by atoms with Crippen molar-refractivity contribution in [1.82, 2.24) is 0 Å². The van der Waals surface area contributed by atoms with Crippen LogP contribution in [0, 0.1) is 11.6 Å². The van der Waals surface area contributed by atoms with Gasteiger partial charge in [-0.1, -0.05) is 18.2 Å². The summed E-state index contributed by atoms with van der Waals surface area (Å²) >= 11 is 0. The summed E-state index contributed by atoms with van der Waals surface area (Å²) in [5.41, 5.74) is 1.60. The van der Waals surface area contributed by atoms with Gasteiger partial charge >= 0.3 is 0 Å². The standard InChI is InChI=1S/C14H9F2NO/c15-10-5-6-13(11(16)8-10)17-12-4-2-1-3-9(12)7-14(17)18/h1-6,8H,7H2. The van der Waals surface area contributed by atoms with Crippen LogP contribution in [0.1, 0.15) is 5.56 Å². The van der Waals surface area contributed by atoms with E-state index in [9.17, 15) is 13.6 Å². The molecule has 1 heterocycles. The summed E-state index contributed by atoms with van der Waals surface area (Å²) in [5.74, 6) is -1.60. The third kappa shape index (κ3) is 1.57. The second-order valence-electron chi connectivity index (χ2n) is 4.13. The Bertz CT molecular complexity index is 639. The molecule has 2 aromatic rings. The average molecular weight is 245 g/mol. The molecule has 2 nitrogen and oxygen atoms in total. The van der Waals surface area contributed by atoms with Crippen molar-refractivity contribution in [2.45, 2.75) is 6.42 Å². The quantitative estimate of drug-likeness (QED) is 0.755. The summed E-state index contributed by atoms with van der Waals surface area (Å²) in [6.07, 6.45) is 0.243. The van der Waals surface area contributed by atoms with Gasteiger partial charge in [-0.15, -0.1) is 0 Å². The van der Waals surface area contributed by atoms with E-state index in [1.54, 1.807) is 12.1 Å². The van der Waals surface area contributed by atoms with E-state index in [4.69, 9.17) is 0 Å². The molecular formula is C14H9F2NO. The van der Waals surface area contributed by atoms with E-state index in [0.29, 0.717) is 5.69 Å². The highest BCUT2D eigenvalue weighted by Gasteiger charge is 2.29.